The lowest BCUT2D eigenvalue weighted by Gasteiger charge is -2.09. The Morgan fingerprint density at radius 3 is 2.57 bits per heavy atom. The molecule has 2 amide bonds. The third kappa shape index (κ3) is 5.36. The summed E-state index contributed by atoms with van der Waals surface area (Å²) in [5, 5.41) is 17.0. The van der Waals surface area contributed by atoms with Gasteiger partial charge in [-0.05, 0) is 54.6 Å². The molecule has 0 fully saturated rings. The van der Waals surface area contributed by atoms with E-state index in [1.165, 1.54) is 31.5 Å². The van der Waals surface area contributed by atoms with Gasteiger partial charge >= 0.3 is 0 Å². The van der Waals surface area contributed by atoms with E-state index in [0.29, 0.717) is 28.3 Å². The Balaban J connectivity index is 1.44. The number of phenols is 1. The van der Waals surface area contributed by atoms with Crippen molar-refractivity contribution >= 4 is 46.3 Å². The number of benzene rings is 3. The molecule has 3 N–H and O–H groups in total. The fraction of sp³-hybridized carbons (Fsp3) is 0.0800. The number of phenolic OH excluding ortho intramolecular Hbond substituents is 1. The number of rotatable bonds is 7. The lowest BCUT2D eigenvalue weighted by molar-refractivity contribution is 0.0953. The average molecular weight is 494 g/mol. The molecule has 0 unspecified atom stereocenters. The molecule has 3 aromatic carbocycles. The zero-order valence-electron chi connectivity index (χ0n) is 18.7. The summed E-state index contributed by atoms with van der Waals surface area (Å²) >= 11 is 5.82. The number of hydrogen-bond donors (Lipinski definition) is 3. The average Bonchev–Trinajstić information content (AvgIpc) is 3.30. The highest BCUT2D eigenvalue weighted by atomic mass is 35.5. The SMILES string of the molecule is COc1ccc2oc(C(=O)Nc3ccc(/C=N/NC(=O)c4ccc(O)c(Cl)c4)c(OC)c3)cc2c1. The van der Waals surface area contributed by atoms with Crippen molar-refractivity contribution in [2.24, 2.45) is 5.10 Å². The first-order chi connectivity index (χ1) is 16.9. The van der Waals surface area contributed by atoms with Crippen molar-refractivity contribution in [1.29, 1.82) is 0 Å². The summed E-state index contributed by atoms with van der Waals surface area (Å²) in [4.78, 5) is 24.9. The number of hydrazone groups is 1. The van der Waals surface area contributed by atoms with Crippen LogP contribution in [0.2, 0.25) is 5.02 Å². The zero-order chi connectivity index (χ0) is 24.9. The number of amides is 2. The number of ether oxygens (including phenoxy) is 2. The van der Waals surface area contributed by atoms with Crippen LogP contribution in [-0.4, -0.2) is 37.4 Å². The fourth-order valence-corrected chi connectivity index (χ4v) is 3.40. The van der Waals surface area contributed by atoms with Gasteiger partial charge in [0.2, 0.25) is 0 Å². The largest absolute Gasteiger partial charge is 0.506 e. The Labute approximate surface area is 204 Å². The maximum absolute atomic E-state index is 12.7. The topological polar surface area (TPSA) is 122 Å². The highest BCUT2D eigenvalue weighted by Gasteiger charge is 2.14. The third-order valence-corrected chi connectivity index (χ3v) is 5.32. The minimum Gasteiger partial charge on any atom is -0.506 e. The first-order valence-electron chi connectivity index (χ1n) is 10.3. The summed E-state index contributed by atoms with van der Waals surface area (Å²) in [6.45, 7) is 0. The van der Waals surface area contributed by atoms with Gasteiger partial charge in [0, 0.05) is 28.3 Å². The van der Waals surface area contributed by atoms with Gasteiger partial charge in [0.25, 0.3) is 11.8 Å². The molecular formula is C25H20ClN3O6. The van der Waals surface area contributed by atoms with E-state index in [-0.39, 0.29) is 22.1 Å². The maximum Gasteiger partial charge on any atom is 0.291 e. The zero-order valence-corrected chi connectivity index (χ0v) is 19.4. The van der Waals surface area contributed by atoms with E-state index in [1.807, 2.05) is 0 Å². The normalized spacial score (nSPS) is 10.9. The lowest BCUT2D eigenvalue weighted by Crippen LogP contribution is -2.17. The fourth-order valence-electron chi connectivity index (χ4n) is 3.22. The highest BCUT2D eigenvalue weighted by molar-refractivity contribution is 6.32. The first kappa shape index (κ1) is 23.7. The molecule has 1 heterocycles. The van der Waals surface area contributed by atoms with Crippen LogP contribution in [0, 0.1) is 0 Å². The van der Waals surface area contributed by atoms with E-state index in [0.717, 1.165) is 5.39 Å². The van der Waals surface area contributed by atoms with Crippen molar-refractivity contribution in [3.8, 4) is 17.2 Å². The first-order valence-corrected chi connectivity index (χ1v) is 10.6. The third-order valence-electron chi connectivity index (χ3n) is 5.02. The van der Waals surface area contributed by atoms with E-state index in [9.17, 15) is 14.7 Å². The van der Waals surface area contributed by atoms with E-state index in [2.05, 4.69) is 15.8 Å². The summed E-state index contributed by atoms with van der Waals surface area (Å²) in [6.07, 6.45) is 1.40. The van der Waals surface area contributed by atoms with Crippen molar-refractivity contribution in [1.82, 2.24) is 5.43 Å². The number of carbonyl (C=O) groups excluding carboxylic acids is 2. The van der Waals surface area contributed by atoms with Crippen LogP contribution in [0.1, 0.15) is 26.5 Å². The minimum absolute atomic E-state index is 0.0586. The summed E-state index contributed by atoms with van der Waals surface area (Å²) < 4.78 is 16.2. The second-order valence-electron chi connectivity index (χ2n) is 7.29. The molecule has 0 spiro atoms. The van der Waals surface area contributed by atoms with Crippen LogP contribution < -0.4 is 20.2 Å². The van der Waals surface area contributed by atoms with Gasteiger partial charge in [-0.25, -0.2) is 5.43 Å². The van der Waals surface area contributed by atoms with Crippen LogP contribution >= 0.6 is 11.6 Å². The molecule has 10 heteroatoms. The molecule has 178 valence electrons. The number of nitrogens with zero attached hydrogens (tertiary/aromatic N) is 1. The number of methoxy groups -OCH3 is 2. The molecule has 35 heavy (non-hydrogen) atoms. The van der Waals surface area contributed by atoms with E-state index < -0.39 is 11.8 Å². The minimum atomic E-state index is -0.505. The summed E-state index contributed by atoms with van der Waals surface area (Å²) in [5.74, 6) is 0.176. The summed E-state index contributed by atoms with van der Waals surface area (Å²) in [6, 6.07) is 15.9. The Bertz CT molecular complexity index is 1450. The predicted octanol–water partition coefficient (Wildman–Crippen LogP) is 4.83. The number of anilines is 1. The lowest BCUT2D eigenvalue weighted by atomic mass is 10.2. The monoisotopic (exact) mass is 493 g/mol. The summed E-state index contributed by atoms with van der Waals surface area (Å²) in [7, 11) is 3.04. The van der Waals surface area contributed by atoms with Crippen molar-refractivity contribution < 1.29 is 28.6 Å². The Hall–Kier alpha value is -4.50. The highest BCUT2D eigenvalue weighted by Crippen LogP contribution is 2.26. The van der Waals surface area contributed by atoms with Crippen molar-refractivity contribution in [2.45, 2.75) is 0 Å². The molecule has 4 aromatic rings. The number of hydrogen-bond acceptors (Lipinski definition) is 7. The molecule has 0 atom stereocenters. The number of nitrogens with one attached hydrogen (secondary N) is 2. The van der Waals surface area contributed by atoms with E-state index in [1.54, 1.807) is 49.6 Å². The molecule has 0 saturated carbocycles. The summed E-state index contributed by atoms with van der Waals surface area (Å²) in [5.41, 5.74) is 4.22. The number of carbonyl (C=O) groups is 2. The van der Waals surface area contributed by atoms with Crippen LogP contribution in [0.5, 0.6) is 17.2 Å². The van der Waals surface area contributed by atoms with Crippen molar-refractivity contribution in [3.05, 3.63) is 82.6 Å². The standard InChI is InChI=1S/C25H20ClN3O6/c1-33-18-6-8-21-16(9-18)11-23(35-21)25(32)28-17-5-3-15(22(12-17)34-2)13-27-29-24(31)14-4-7-20(30)19(26)10-14/h3-13,30H,1-2H3,(H,28,32)(H,29,31)/b27-13+. The van der Waals surface area contributed by atoms with E-state index in [4.69, 9.17) is 25.5 Å². The van der Waals surface area contributed by atoms with Gasteiger partial charge in [-0.3, -0.25) is 9.59 Å². The van der Waals surface area contributed by atoms with Gasteiger partial charge in [0.15, 0.2) is 5.76 Å². The number of aromatic hydroxyl groups is 1. The Morgan fingerprint density at radius 1 is 1.00 bits per heavy atom. The molecule has 0 saturated heterocycles. The molecule has 9 nitrogen and oxygen atoms in total. The smallest absolute Gasteiger partial charge is 0.291 e. The van der Waals surface area contributed by atoms with Crippen LogP contribution in [0.3, 0.4) is 0 Å². The number of fused-ring (bicyclic) bond motifs is 1. The second-order valence-corrected chi connectivity index (χ2v) is 7.70. The quantitative estimate of drug-likeness (QED) is 0.250. The van der Waals surface area contributed by atoms with Gasteiger partial charge in [-0.15, -0.1) is 0 Å². The van der Waals surface area contributed by atoms with Gasteiger partial charge in [-0.1, -0.05) is 11.6 Å². The molecule has 0 radical (unpaired) electrons. The molecule has 0 aliphatic carbocycles. The number of furan rings is 1. The van der Waals surface area contributed by atoms with Gasteiger partial charge < -0.3 is 24.3 Å². The molecule has 0 bridgehead atoms. The van der Waals surface area contributed by atoms with Crippen LogP contribution in [0.15, 0.2) is 70.2 Å². The molecular weight excluding hydrogens is 474 g/mol. The second kappa shape index (κ2) is 10.2. The Morgan fingerprint density at radius 2 is 1.83 bits per heavy atom. The van der Waals surface area contributed by atoms with Gasteiger partial charge in [0.05, 0.1) is 25.5 Å². The maximum atomic E-state index is 12.7. The molecule has 1 aromatic heterocycles. The Kier molecular flexibility index (Phi) is 6.88. The van der Waals surface area contributed by atoms with Gasteiger partial charge in [0.1, 0.15) is 22.8 Å². The van der Waals surface area contributed by atoms with Gasteiger partial charge in [-0.2, -0.15) is 5.10 Å². The van der Waals surface area contributed by atoms with E-state index >= 15 is 0 Å². The van der Waals surface area contributed by atoms with Crippen LogP contribution in [-0.2, 0) is 0 Å². The number of halogens is 1. The molecule has 0 aliphatic rings. The van der Waals surface area contributed by atoms with Crippen LogP contribution in [0.25, 0.3) is 11.0 Å². The van der Waals surface area contributed by atoms with Crippen molar-refractivity contribution in [3.63, 3.8) is 0 Å². The van der Waals surface area contributed by atoms with Crippen molar-refractivity contribution in [2.75, 3.05) is 19.5 Å². The predicted molar refractivity (Wildman–Crippen MR) is 132 cm³/mol. The molecule has 0 aliphatic heterocycles. The van der Waals surface area contributed by atoms with Crippen LogP contribution in [0.4, 0.5) is 5.69 Å². The molecule has 4 rings (SSSR count).